The molecule has 3 aromatic rings. The molecule has 0 amide bonds. The van der Waals surface area contributed by atoms with Gasteiger partial charge in [0.2, 0.25) is 8.32 Å². The molecular formula is C35H44O4Si2. The van der Waals surface area contributed by atoms with E-state index in [0.717, 1.165) is 18.6 Å². The minimum atomic E-state index is -2.45. The summed E-state index contributed by atoms with van der Waals surface area (Å²) in [5, 5.41) is 4.42. The molecule has 0 radical (unpaired) electrons. The lowest BCUT2D eigenvalue weighted by atomic mass is 9.82. The summed E-state index contributed by atoms with van der Waals surface area (Å²) in [6.45, 7) is 19.1. The summed E-state index contributed by atoms with van der Waals surface area (Å²) in [6, 6.07) is 20.2. The number of fused-ring (bicyclic) bond motifs is 5. The van der Waals surface area contributed by atoms with Gasteiger partial charge < -0.3 is 18.6 Å². The monoisotopic (exact) mass is 584 g/mol. The van der Waals surface area contributed by atoms with Crippen LogP contribution in [-0.4, -0.2) is 41.0 Å². The highest BCUT2D eigenvalue weighted by molar-refractivity contribution is 7.01. The Morgan fingerprint density at radius 3 is 2.10 bits per heavy atom. The predicted octanol–water partition coefficient (Wildman–Crippen LogP) is 5.96. The summed E-state index contributed by atoms with van der Waals surface area (Å²) in [5.41, 5.74) is 8.13. The fraction of sp³-hybridized carbons (Fsp3) is 0.486. The summed E-state index contributed by atoms with van der Waals surface area (Å²) in [7, 11) is -4.65. The zero-order valence-electron chi connectivity index (χ0n) is 25.8. The first-order valence-electron chi connectivity index (χ1n) is 15.5. The molecule has 1 saturated heterocycles. The van der Waals surface area contributed by atoms with Gasteiger partial charge in [0.25, 0.3) is 0 Å². The third-order valence-electron chi connectivity index (χ3n) is 10.3. The average Bonchev–Trinajstić information content (AvgIpc) is 3.32. The van der Waals surface area contributed by atoms with Crippen molar-refractivity contribution in [1.82, 2.24) is 0 Å². The maximum atomic E-state index is 7.61. The van der Waals surface area contributed by atoms with Crippen LogP contribution in [0.3, 0.4) is 0 Å². The smallest absolute Gasteiger partial charge is 0.231 e. The van der Waals surface area contributed by atoms with Crippen LogP contribution in [0.2, 0.25) is 24.2 Å². The van der Waals surface area contributed by atoms with Crippen molar-refractivity contribution in [2.75, 3.05) is 6.61 Å². The number of ether oxygens (including phenoxy) is 3. The zero-order valence-corrected chi connectivity index (χ0v) is 27.8. The highest BCUT2D eigenvalue weighted by Gasteiger charge is 2.62. The van der Waals surface area contributed by atoms with Crippen molar-refractivity contribution in [3.05, 3.63) is 82.4 Å². The van der Waals surface area contributed by atoms with E-state index in [1.807, 2.05) is 13.8 Å². The lowest BCUT2D eigenvalue weighted by Gasteiger charge is -2.47. The van der Waals surface area contributed by atoms with E-state index in [2.05, 4.69) is 95.4 Å². The summed E-state index contributed by atoms with van der Waals surface area (Å²) in [5.74, 6) is 0.440. The van der Waals surface area contributed by atoms with E-state index < -0.39 is 22.2 Å². The third kappa shape index (κ3) is 3.94. The Balaban J connectivity index is 1.58. The van der Waals surface area contributed by atoms with Gasteiger partial charge in [-0.3, -0.25) is 0 Å². The van der Waals surface area contributed by atoms with Gasteiger partial charge in [0.15, 0.2) is 11.9 Å². The molecule has 0 saturated carbocycles. The molecule has 6 heteroatoms. The Morgan fingerprint density at radius 1 is 0.854 bits per heavy atom. The van der Waals surface area contributed by atoms with Crippen molar-refractivity contribution in [1.29, 1.82) is 0 Å². The van der Waals surface area contributed by atoms with Crippen molar-refractivity contribution in [3.8, 4) is 5.75 Å². The second-order valence-electron chi connectivity index (χ2n) is 14.2. The molecule has 216 valence electrons. The van der Waals surface area contributed by atoms with Gasteiger partial charge in [0.05, 0.1) is 6.61 Å². The van der Waals surface area contributed by atoms with Gasteiger partial charge >= 0.3 is 0 Å². The van der Waals surface area contributed by atoms with Crippen LogP contribution in [0, 0.1) is 0 Å². The van der Waals surface area contributed by atoms with Crippen molar-refractivity contribution in [2.45, 2.75) is 103 Å². The van der Waals surface area contributed by atoms with E-state index in [4.69, 9.17) is 18.6 Å². The molecule has 41 heavy (non-hydrogen) atoms. The van der Waals surface area contributed by atoms with Crippen LogP contribution in [0.4, 0.5) is 0 Å². The average molecular weight is 585 g/mol. The first-order valence-corrected chi connectivity index (χ1v) is 20.5. The molecule has 0 aromatic heterocycles. The predicted molar refractivity (Wildman–Crippen MR) is 170 cm³/mol. The van der Waals surface area contributed by atoms with Crippen molar-refractivity contribution in [2.24, 2.45) is 0 Å². The number of hydrogen-bond acceptors (Lipinski definition) is 4. The standard InChI is InChI=1S/C35H44O4Si2/c1-21(2)41(22(3)4)33-26-18-23-14-12-13-15-24(23)19-27(26)34(40(7,8)25-16-10-9-11-17-25)32-29(33)31(39-41)30-28(37-32)20-36-35(5,6)38-30/h9-17,21-22,28,30-31H,18-20H2,1-8H3/t28-,30?,31+/m0/s1. The van der Waals surface area contributed by atoms with Crippen LogP contribution in [0.25, 0.3) is 0 Å². The van der Waals surface area contributed by atoms with E-state index in [9.17, 15) is 0 Å². The SMILES string of the molecule is CC(C)[Si]1(C(C)C)O[C@@H]2c3c(c([Si](C)(C)c4ccccc4)c4c(c31)Cc1ccccc1C4)O[C@H]1COC(C)(C)OC12. The maximum absolute atomic E-state index is 7.61. The Hall–Kier alpha value is -2.23. The topological polar surface area (TPSA) is 36.9 Å². The highest BCUT2D eigenvalue weighted by atomic mass is 28.4. The third-order valence-corrected chi connectivity index (χ3v) is 19.3. The maximum Gasteiger partial charge on any atom is 0.231 e. The van der Waals surface area contributed by atoms with Gasteiger partial charge in [-0.2, -0.15) is 0 Å². The summed E-state index contributed by atoms with van der Waals surface area (Å²) in [4.78, 5) is 0. The second-order valence-corrected chi connectivity index (χ2v) is 23.1. The molecule has 0 bridgehead atoms. The molecule has 3 aliphatic heterocycles. The first kappa shape index (κ1) is 27.6. The van der Waals surface area contributed by atoms with Gasteiger partial charge in [-0.1, -0.05) is 101 Å². The Bertz CT molecular complexity index is 1500. The molecule has 4 aliphatic rings. The van der Waals surface area contributed by atoms with Crippen molar-refractivity contribution < 1.29 is 18.6 Å². The van der Waals surface area contributed by atoms with Crippen LogP contribution in [-0.2, 0) is 26.7 Å². The van der Waals surface area contributed by atoms with Crippen LogP contribution >= 0.6 is 0 Å². The Kier molecular flexibility index (Phi) is 6.32. The first-order chi connectivity index (χ1) is 19.5. The van der Waals surface area contributed by atoms with Gasteiger partial charge in [0.1, 0.15) is 26.0 Å². The van der Waals surface area contributed by atoms with E-state index >= 15 is 0 Å². The number of rotatable bonds is 4. The fourth-order valence-corrected chi connectivity index (χ4v) is 16.7. The largest absolute Gasteiger partial charge is 0.485 e. The van der Waals surface area contributed by atoms with Crippen LogP contribution in [0.15, 0.2) is 54.6 Å². The fourth-order valence-electron chi connectivity index (χ4n) is 8.42. The van der Waals surface area contributed by atoms with Gasteiger partial charge in [-0.05, 0) is 70.4 Å². The van der Waals surface area contributed by atoms with E-state index in [1.54, 1.807) is 5.56 Å². The molecule has 3 heterocycles. The molecule has 3 atom stereocenters. The quantitative estimate of drug-likeness (QED) is 0.278. The minimum Gasteiger partial charge on any atom is -0.485 e. The number of benzene rings is 3. The van der Waals surface area contributed by atoms with Crippen LogP contribution in [0.5, 0.6) is 5.75 Å². The molecule has 0 N–H and O–H groups in total. The van der Waals surface area contributed by atoms with Crippen LogP contribution < -0.4 is 20.3 Å². The molecule has 4 nitrogen and oxygen atoms in total. The van der Waals surface area contributed by atoms with Gasteiger partial charge in [-0.15, -0.1) is 0 Å². The lowest BCUT2D eigenvalue weighted by molar-refractivity contribution is -0.317. The molecule has 0 spiro atoms. The Morgan fingerprint density at radius 2 is 1.46 bits per heavy atom. The number of hydrogen-bond donors (Lipinski definition) is 0. The van der Waals surface area contributed by atoms with E-state index in [0.29, 0.717) is 17.7 Å². The van der Waals surface area contributed by atoms with Gasteiger partial charge in [0, 0.05) is 5.56 Å². The highest BCUT2D eigenvalue weighted by Crippen LogP contribution is 2.54. The van der Waals surface area contributed by atoms with Crippen molar-refractivity contribution >= 4 is 32.0 Å². The minimum absolute atomic E-state index is 0.125. The summed E-state index contributed by atoms with van der Waals surface area (Å²) >= 11 is 0. The summed E-state index contributed by atoms with van der Waals surface area (Å²) < 4.78 is 27.7. The summed E-state index contributed by atoms with van der Waals surface area (Å²) in [6.07, 6.45) is 1.42. The zero-order chi connectivity index (χ0) is 28.9. The van der Waals surface area contributed by atoms with E-state index in [-0.39, 0.29) is 18.3 Å². The molecule has 1 unspecified atom stereocenters. The second kappa shape index (κ2) is 9.39. The van der Waals surface area contributed by atoms with E-state index in [1.165, 1.54) is 37.8 Å². The Labute approximate surface area is 247 Å². The van der Waals surface area contributed by atoms with Crippen molar-refractivity contribution in [3.63, 3.8) is 0 Å². The molecule has 1 aliphatic carbocycles. The molecule has 1 fully saturated rings. The molecular weight excluding hydrogens is 541 g/mol. The van der Waals surface area contributed by atoms with Gasteiger partial charge in [-0.25, -0.2) is 0 Å². The molecule has 7 rings (SSSR count). The van der Waals surface area contributed by atoms with Crippen LogP contribution in [0.1, 0.15) is 75.5 Å². The lowest BCUT2D eigenvalue weighted by Crippen LogP contribution is -2.60. The molecule has 3 aromatic carbocycles. The normalized spacial score (nSPS) is 25.3.